The van der Waals surface area contributed by atoms with Crippen LogP contribution in [0.1, 0.15) is 6.42 Å². The van der Waals surface area contributed by atoms with E-state index in [1.165, 1.54) is 0 Å². The van der Waals surface area contributed by atoms with E-state index in [4.69, 9.17) is 4.74 Å². The standard InChI is InChI=1S/C8H18BrNO5S2/c1-15-7-8(9)3-4-10-17(13,14)6-5-16(2,11)12/h8,10H,3-7H2,1-2H3. The van der Waals surface area contributed by atoms with Gasteiger partial charge in [0.25, 0.3) is 0 Å². The average molecular weight is 352 g/mol. The van der Waals surface area contributed by atoms with Crippen LogP contribution in [0, 0.1) is 0 Å². The van der Waals surface area contributed by atoms with Gasteiger partial charge in [-0.1, -0.05) is 15.9 Å². The highest BCUT2D eigenvalue weighted by molar-refractivity contribution is 9.09. The van der Waals surface area contributed by atoms with Gasteiger partial charge in [-0.3, -0.25) is 0 Å². The van der Waals surface area contributed by atoms with E-state index in [1.807, 2.05) is 0 Å². The Morgan fingerprint density at radius 1 is 1.24 bits per heavy atom. The van der Waals surface area contributed by atoms with Crippen LogP contribution in [0.15, 0.2) is 0 Å². The molecule has 17 heavy (non-hydrogen) atoms. The van der Waals surface area contributed by atoms with Crippen molar-refractivity contribution in [1.29, 1.82) is 0 Å². The first-order valence-electron chi connectivity index (χ1n) is 4.94. The maximum atomic E-state index is 11.4. The summed E-state index contributed by atoms with van der Waals surface area (Å²) in [6, 6.07) is 0. The molecule has 9 heteroatoms. The monoisotopic (exact) mass is 351 g/mol. The summed E-state index contributed by atoms with van der Waals surface area (Å²) in [5.74, 6) is -0.763. The van der Waals surface area contributed by atoms with Crippen molar-refractivity contribution < 1.29 is 21.6 Å². The third kappa shape index (κ3) is 11.1. The molecule has 0 aliphatic rings. The number of ether oxygens (including phenoxy) is 1. The van der Waals surface area contributed by atoms with Gasteiger partial charge in [-0.25, -0.2) is 21.6 Å². The number of hydrogen-bond donors (Lipinski definition) is 1. The fourth-order valence-electron chi connectivity index (χ4n) is 0.968. The van der Waals surface area contributed by atoms with E-state index >= 15 is 0 Å². The molecule has 0 saturated carbocycles. The van der Waals surface area contributed by atoms with Crippen LogP contribution < -0.4 is 4.72 Å². The predicted octanol–water partition coefficient (Wildman–Crippen LogP) is -0.250. The molecule has 0 radical (unpaired) electrons. The zero-order valence-corrected chi connectivity index (χ0v) is 13.1. The van der Waals surface area contributed by atoms with Crippen LogP contribution in [0.4, 0.5) is 0 Å². The first-order valence-corrected chi connectivity index (χ1v) is 9.57. The van der Waals surface area contributed by atoms with Crippen LogP contribution in [0.3, 0.4) is 0 Å². The summed E-state index contributed by atoms with van der Waals surface area (Å²) in [4.78, 5) is 0.0742. The fourth-order valence-corrected chi connectivity index (χ4v) is 4.12. The third-order valence-electron chi connectivity index (χ3n) is 1.85. The van der Waals surface area contributed by atoms with E-state index in [2.05, 4.69) is 20.7 Å². The van der Waals surface area contributed by atoms with E-state index in [0.717, 1.165) is 6.26 Å². The first kappa shape index (κ1) is 17.3. The Balaban J connectivity index is 3.95. The molecule has 0 saturated heterocycles. The molecule has 0 aromatic heterocycles. The van der Waals surface area contributed by atoms with Crippen molar-refractivity contribution in [3.05, 3.63) is 0 Å². The van der Waals surface area contributed by atoms with Crippen LogP contribution in [0.5, 0.6) is 0 Å². The van der Waals surface area contributed by atoms with E-state index in [0.29, 0.717) is 13.0 Å². The SMILES string of the molecule is COCC(Br)CCNS(=O)(=O)CCS(C)(=O)=O. The van der Waals surface area contributed by atoms with Crippen LogP contribution in [-0.4, -0.2) is 59.7 Å². The molecule has 0 aliphatic carbocycles. The maximum absolute atomic E-state index is 11.4. The quantitative estimate of drug-likeness (QED) is 0.578. The van der Waals surface area contributed by atoms with Crippen LogP contribution in [0.25, 0.3) is 0 Å². The van der Waals surface area contributed by atoms with Gasteiger partial charge in [0.1, 0.15) is 9.84 Å². The molecule has 0 aliphatic heterocycles. The van der Waals surface area contributed by atoms with Crippen molar-refractivity contribution in [2.75, 3.05) is 38.0 Å². The number of methoxy groups -OCH3 is 1. The summed E-state index contributed by atoms with van der Waals surface area (Å²) < 4.78 is 51.7. The molecule has 6 nitrogen and oxygen atoms in total. The van der Waals surface area contributed by atoms with Crippen LogP contribution in [0.2, 0.25) is 0 Å². The van der Waals surface area contributed by atoms with E-state index in [-0.39, 0.29) is 17.1 Å². The molecule has 1 unspecified atom stereocenters. The van der Waals surface area contributed by atoms with Crippen molar-refractivity contribution in [1.82, 2.24) is 4.72 Å². The molecule has 0 amide bonds. The normalized spacial score (nSPS) is 14.8. The minimum atomic E-state index is -3.52. The molecule has 0 spiro atoms. The summed E-state index contributed by atoms with van der Waals surface area (Å²) in [5.41, 5.74) is 0. The second kappa shape index (κ2) is 7.67. The summed E-state index contributed by atoms with van der Waals surface area (Å²) in [6.45, 7) is 0.746. The fraction of sp³-hybridized carbons (Fsp3) is 1.00. The zero-order valence-electron chi connectivity index (χ0n) is 9.85. The summed E-state index contributed by atoms with van der Waals surface area (Å²) in [6.07, 6.45) is 1.58. The topological polar surface area (TPSA) is 89.5 Å². The van der Waals surface area contributed by atoms with Crippen LogP contribution >= 0.6 is 15.9 Å². The highest BCUT2D eigenvalue weighted by atomic mass is 79.9. The average Bonchev–Trinajstić information content (AvgIpc) is 2.14. The third-order valence-corrected chi connectivity index (χ3v) is 5.16. The summed E-state index contributed by atoms with van der Waals surface area (Å²) in [5, 5.41) is 0. The molecule has 0 heterocycles. The van der Waals surface area contributed by atoms with Gasteiger partial charge in [0.15, 0.2) is 0 Å². The van der Waals surface area contributed by atoms with Gasteiger partial charge in [-0.05, 0) is 6.42 Å². The maximum Gasteiger partial charge on any atom is 0.212 e. The first-order chi connectivity index (χ1) is 7.66. The predicted molar refractivity (Wildman–Crippen MR) is 70.7 cm³/mol. The zero-order chi connectivity index (χ0) is 13.5. The number of nitrogens with one attached hydrogen (secondary N) is 1. The van der Waals surface area contributed by atoms with Crippen LogP contribution in [-0.2, 0) is 24.6 Å². The van der Waals surface area contributed by atoms with Gasteiger partial charge in [0.05, 0.1) is 18.1 Å². The Labute approximate surface area is 111 Å². The van der Waals surface area contributed by atoms with Crippen molar-refractivity contribution >= 4 is 35.8 Å². The van der Waals surface area contributed by atoms with E-state index in [9.17, 15) is 16.8 Å². The number of hydrogen-bond acceptors (Lipinski definition) is 5. The van der Waals surface area contributed by atoms with Gasteiger partial charge in [0, 0.05) is 24.7 Å². The lowest BCUT2D eigenvalue weighted by Gasteiger charge is -2.09. The molecular formula is C8H18BrNO5S2. The molecule has 0 fully saturated rings. The molecule has 0 aromatic carbocycles. The van der Waals surface area contributed by atoms with Crippen molar-refractivity contribution in [3.63, 3.8) is 0 Å². The lowest BCUT2D eigenvalue weighted by Crippen LogP contribution is -2.31. The highest BCUT2D eigenvalue weighted by Gasteiger charge is 2.14. The largest absolute Gasteiger partial charge is 0.384 e. The number of rotatable bonds is 9. The van der Waals surface area contributed by atoms with Crippen molar-refractivity contribution in [3.8, 4) is 0 Å². The number of halogens is 1. The lowest BCUT2D eigenvalue weighted by molar-refractivity contribution is 0.199. The molecule has 0 bridgehead atoms. The smallest absolute Gasteiger partial charge is 0.212 e. The second-order valence-corrected chi connectivity index (χ2v) is 9.17. The van der Waals surface area contributed by atoms with Gasteiger partial charge < -0.3 is 4.74 Å². The molecule has 0 rings (SSSR count). The summed E-state index contributed by atoms with van der Waals surface area (Å²) >= 11 is 3.32. The molecule has 1 atom stereocenters. The van der Waals surface area contributed by atoms with Gasteiger partial charge in [0.2, 0.25) is 10.0 Å². The number of sulfonamides is 1. The Kier molecular flexibility index (Phi) is 7.81. The van der Waals surface area contributed by atoms with E-state index in [1.54, 1.807) is 7.11 Å². The lowest BCUT2D eigenvalue weighted by atomic mass is 10.3. The van der Waals surface area contributed by atoms with Gasteiger partial charge in [-0.2, -0.15) is 0 Å². The van der Waals surface area contributed by atoms with Gasteiger partial charge in [-0.15, -0.1) is 0 Å². The second-order valence-electron chi connectivity index (χ2n) is 3.68. The molecule has 0 aromatic rings. The molecule has 1 N–H and O–H groups in total. The molecular weight excluding hydrogens is 334 g/mol. The van der Waals surface area contributed by atoms with Crippen molar-refractivity contribution in [2.24, 2.45) is 0 Å². The summed E-state index contributed by atoms with van der Waals surface area (Å²) in [7, 11) is -5.21. The minimum absolute atomic E-state index is 0.0742. The number of alkyl halides is 1. The number of sulfone groups is 1. The highest BCUT2D eigenvalue weighted by Crippen LogP contribution is 2.04. The minimum Gasteiger partial charge on any atom is -0.384 e. The van der Waals surface area contributed by atoms with E-state index < -0.39 is 25.6 Å². The molecule has 104 valence electrons. The Hall–Kier alpha value is 0.300. The van der Waals surface area contributed by atoms with Gasteiger partial charge >= 0.3 is 0 Å². The Morgan fingerprint density at radius 3 is 2.29 bits per heavy atom. The van der Waals surface area contributed by atoms with Crippen molar-refractivity contribution in [2.45, 2.75) is 11.2 Å². The Bertz CT molecular complexity index is 406. The Morgan fingerprint density at radius 2 is 1.82 bits per heavy atom.